The second-order valence-corrected chi connectivity index (χ2v) is 6.09. The maximum atomic E-state index is 12.4. The van der Waals surface area contributed by atoms with Crippen molar-refractivity contribution in [2.24, 2.45) is 0 Å². The van der Waals surface area contributed by atoms with Crippen LogP contribution in [0.2, 0.25) is 0 Å². The molecule has 0 amide bonds. The van der Waals surface area contributed by atoms with Crippen molar-refractivity contribution in [3.8, 4) is 5.69 Å². The zero-order chi connectivity index (χ0) is 16.5. The highest BCUT2D eigenvalue weighted by molar-refractivity contribution is 5.75. The molecule has 24 heavy (non-hydrogen) atoms. The molecule has 0 bridgehead atoms. The lowest BCUT2D eigenvalue weighted by Crippen LogP contribution is -2.33. The lowest BCUT2D eigenvalue weighted by atomic mass is 10.2. The molecule has 124 valence electrons. The monoisotopic (exact) mass is 325 g/mol. The van der Waals surface area contributed by atoms with Gasteiger partial charge in [-0.15, -0.1) is 0 Å². The molecule has 2 N–H and O–H groups in total. The van der Waals surface area contributed by atoms with E-state index < -0.39 is 0 Å². The Hall–Kier alpha value is -2.51. The average molecular weight is 325 g/mol. The minimum absolute atomic E-state index is 0.133. The van der Waals surface area contributed by atoms with E-state index >= 15 is 0 Å². The van der Waals surface area contributed by atoms with Crippen LogP contribution in [0.5, 0.6) is 0 Å². The Morgan fingerprint density at radius 2 is 2.12 bits per heavy atom. The Bertz CT molecular complexity index is 902. The largest absolute Gasteiger partial charge is 0.395 e. The van der Waals surface area contributed by atoms with E-state index in [4.69, 9.17) is 0 Å². The maximum Gasteiger partial charge on any atom is 0.262 e. The standard InChI is InChI=1S/C17H19N5O2/c23-11-13-7-4-8-21(13)10-15-19-16-14(17(24)20-15)9-18-22(16)12-5-2-1-3-6-12/h1-3,5-6,9,13,23H,4,7-8,10-11H2,(H,19,20,24)/t13-/m1/s1. The number of aliphatic hydroxyl groups is 1. The van der Waals surface area contributed by atoms with Crippen molar-refractivity contribution in [2.75, 3.05) is 13.2 Å². The fourth-order valence-corrected chi connectivity index (χ4v) is 3.30. The Morgan fingerprint density at radius 3 is 2.92 bits per heavy atom. The number of para-hydroxylation sites is 1. The third kappa shape index (κ3) is 2.61. The van der Waals surface area contributed by atoms with E-state index in [1.54, 1.807) is 10.9 Å². The van der Waals surface area contributed by atoms with Crippen LogP contribution in [0.4, 0.5) is 0 Å². The van der Waals surface area contributed by atoms with E-state index in [-0.39, 0.29) is 18.2 Å². The molecule has 3 aromatic rings. The van der Waals surface area contributed by atoms with E-state index in [0.717, 1.165) is 25.1 Å². The summed E-state index contributed by atoms with van der Waals surface area (Å²) in [7, 11) is 0. The maximum absolute atomic E-state index is 12.4. The van der Waals surface area contributed by atoms with E-state index in [1.807, 2.05) is 30.3 Å². The lowest BCUT2D eigenvalue weighted by molar-refractivity contribution is 0.151. The highest BCUT2D eigenvalue weighted by atomic mass is 16.3. The van der Waals surface area contributed by atoms with Crippen molar-refractivity contribution in [3.05, 3.63) is 52.7 Å². The molecule has 4 rings (SSSR count). The SMILES string of the molecule is O=c1[nH]c(CN2CCC[C@@H]2CO)nc2c1cnn2-c1ccccc1. The Kier molecular flexibility index (Phi) is 3.87. The van der Waals surface area contributed by atoms with E-state index in [1.165, 1.54) is 0 Å². The number of rotatable bonds is 4. The number of aliphatic hydroxyl groups excluding tert-OH is 1. The summed E-state index contributed by atoms with van der Waals surface area (Å²) in [5.74, 6) is 0.602. The number of hydrogen-bond donors (Lipinski definition) is 2. The van der Waals surface area contributed by atoms with E-state index in [9.17, 15) is 9.90 Å². The van der Waals surface area contributed by atoms with E-state index in [0.29, 0.717) is 23.4 Å². The first-order valence-corrected chi connectivity index (χ1v) is 8.13. The van der Waals surface area contributed by atoms with Crippen molar-refractivity contribution in [1.29, 1.82) is 0 Å². The normalized spacial score (nSPS) is 18.5. The Balaban J connectivity index is 1.74. The molecule has 1 aromatic carbocycles. The number of hydrogen-bond acceptors (Lipinski definition) is 5. The number of nitrogens with one attached hydrogen (secondary N) is 1. The topological polar surface area (TPSA) is 87.0 Å². The molecule has 7 nitrogen and oxygen atoms in total. The summed E-state index contributed by atoms with van der Waals surface area (Å²) in [4.78, 5) is 22.0. The summed E-state index contributed by atoms with van der Waals surface area (Å²) in [5.41, 5.74) is 1.24. The predicted octanol–water partition coefficient (Wildman–Crippen LogP) is 1.07. The highest BCUT2D eigenvalue weighted by Crippen LogP contribution is 2.19. The van der Waals surface area contributed by atoms with Gasteiger partial charge in [0, 0.05) is 6.04 Å². The van der Waals surface area contributed by atoms with Gasteiger partial charge in [-0.1, -0.05) is 18.2 Å². The van der Waals surface area contributed by atoms with Crippen LogP contribution >= 0.6 is 0 Å². The molecule has 0 saturated carbocycles. The average Bonchev–Trinajstić information content (AvgIpc) is 3.22. The molecule has 3 heterocycles. The lowest BCUT2D eigenvalue weighted by Gasteiger charge is -2.21. The minimum atomic E-state index is -0.183. The highest BCUT2D eigenvalue weighted by Gasteiger charge is 2.24. The summed E-state index contributed by atoms with van der Waals surface area (Å²) in [5, 5.41) is 14.2. The van der Waals surface area contributed by atoms with Crippen LogP contribution in [0.15, 0.2) is 41.3 Å². The summed E-state index contributed by atoms with van der Waals surface area (Å²) in [6, 6.07) is 9.78. The number of benzene rings is 1. The van der Waals surface area contributed by atoms with Crippen molar-refractivity contribution < 1.29 is 5.11 Å². The van der Waals surface area contributed by atoms with Crippen LogP contribution in [0.25, 0.3) is 16.7 Å². The molecule has 1 fully saturated rings. The fourth-order valence-electron chi connectivity index (χ4n) is 3.30. The second-order valence-electron chi connectivity index (χ2n) is 6.09. The number of nitrogens with zero attached hydrogens (tertiary/aromatic N) is 4. The molecule has 2 aromatic heterocycles. The predicted molar refractivity (Wildman–Crippen MR) is 90.0 cm³/mol. The smallest absolute Gasteiger partial charge is 0.262 e. The molecule has 1 aliphatic heterocycles. The van der Waals surface area contributed by atoms with Gasteiger partial charge in [0.25, 0.3) is 5.56 Å². The van der Waals surface area contributed by atoms with Gasteiger partial charge in [-0.2, -0.15) is 5.10 Å². The Labute approximate surface area is 138 Å². The van der Waals surface area contributed by atoms with Gasteiger partial charge in [-0.25, -0.2) is 9.67 Å². The first-order valence-electron chi connectivity index (χ1n) is 8.13. The molecule has 7 heteroatoms. The second kappa shape index (κ2) is 6.18. The summed E-state index contributed by atoms with van der Waals surface area (Å²) in [6.45, 7) is 1.57. The number of H-pyrrole nitrogens is 1. The van der Waals surface area contributed by atoms with Crippen molar-refractivity contribution in [1.82, 2.24) is 24.6 Å². The van der Waals surface area contributed by atoms with Crippen molar-refractivity contribution >= 4 is 11.0 Å². The van der Waals surface area contributed by atoms with Crippen LogP contribution in [0.3, 0.4) is 0 Å². The third-order valence-corrected chi connectivity index (χ3v) is 4.55. The number of fused-ring (bicyclic) bond motifs is 1. The number of likely N-dealkylation sites (tertiary alicyclic amines) is 1. The molecule has 1 saturated heterocycles. The zero-order valence-electron chi connectivity index (χ0n) is 13.2. The van der Waals surface area contributed by atoms with Crippen LogP contribution in [-0.4, -0.2) is 48.9 Å². The molecule has 0 aliphatic carbocycles. The zero-order valence-corrected chi connectivity index (χ0v) is 13.2. The Morgan fingerprint density at radius 1 is 1.29 bits per heavy atom. The molecule has 0 unspecified atom stereocenters. The third-order valence-electron chi connectivity index (χ3n) is 4.55. The first kappa shape index (κ1) is 15.0. The van der Waals surface area contributed by atoms with Gasteiger partial charge in [-0.05, 0) is 31.5 Å². The summed E-state index contributed by atoms with van der Waals surface area (Å²) < 4.78 is 1.68. The van der Waals surface area contributed by atoms with Gasteiger partial charge in [0.05, 0.1) is 25.0 Å². The van der Waals surface area contributed by atoms with Crippen LogP contribution in [0.1, 0.15) is 18.7 Å². The molecule has 0 radical (unpaired) electrons. The summed E-state index contributed by atoms with van der Waals surface area (Å²) in [6.07, 6.45) is 3.58. The van der Waals surface area contributed by atoms with Crippen LogP contribution < -0.4 is 5.56 Å². The molecule has 1 aliphatic rings. The van der Waals surface area contributed by atoms with Crippen molar-refractivity contribution in [2.45, 2.75) is 25.4 Å². The molecule has 1 atom stereocenters. The van der Waals surface area contributed by atoms with Gasteiger partial charge in [0.1, 0.15) is 11.2 Å². The molecular weight excluding hydrogens is 306 g/mol. The van der Waals surface area contributed by atoms with Gasteiger partial charge in [0.15, 0.2) is 5.65 Å². The van der Waals surface area contributed by atoms with Crippen LogP contribution in [0, 0.1) is 0 Å². The van der Waals surface area contributed by atoms with Gasteiger partial charge in [-0.3, -0.25) is 9.69 Å². The number of aromatic amines is 1. The summed E-state index contributed by atoms with van der Waals surface area (Å²) >= 11 is 0. The molecule has 0 spiro atoms. The van der Waals surface area contributed by atoms with E-state index in [2.05, 4.69) is 20.0 Å². The molecular formula is C17H19N5O2. The van der Waals surface area contributed by atoms with Gasteiger partial charge < -0.3 is 10.1 Å². The van der Waals surface area contributed by atoms with Gasteiger partial charge >= 0.3 is 0 Å². The van der Waals surface area contributed by atoms with Gasteiger partial charge in [0.2, 0.25) is 0 Å². The van der Waals surface area contributed by atoms with Crippen LogP contribution in [-0.2, 0) is 6.54 Å². The quantitative estimate of drug-likeness (QED) is 0.749. The first-order chi connectivity index (χ1) is 11.8. The minimum Gasteiger partial charge on any atom is -0.395 e. The van der Waals surface area contributed by atoms with Crippen molar-refractivity contribution in [3.63, 3.8) is 0 Å². The number of aromatic nitrogens is 4. The fraction of sp³-hybridized carbons (Fsp3) is 0.353.